The molecule has 1 aromatic carbocycles. The van der Waals surface area contributed by atoms with E-state index >= 15 is 0 Å². The third-order valence-electron chi connectivity index (χ3n) is 3.53. The van der Waals surface area contributed by atoms with Crippen molar-refractivity contribution in [2.24, 2.45) is 0 Å². The molecule has 1 aromatic rings. The molecule has 7 nitrogen and oxygen atoms in total. The summed E-state index contributed by atoms with van der Waals surface area (Å²) in [5, 5.41) is 2.55. The van der Waals surface area contributed by atoms with Crippen LogP contribution in [0.5, 0.6) is 5.75 Å². The van der Waals surface area contributed by atoms with Gasteiger partial charge >= 0.3 is 5.97 Å². The zero-order valence-corrected chi connectivity index (χ0v) is 14.3. The van der Waals surface area contributed by atoms with Crippen molar-refractivity contribution < 1.29 is 27.5 Å². The van der Waals surface area contributed by atoms with E-state index in [0.717, 1.165) is 5.56 Å². The van der Waals surface area contributed by atoms with Gasteiger partial charge in [0.2, 0.25) is 0 Å². The summed E-state index contributed by atoms with van der Waals surface area (Å²) in [6.45, 7) is 1.68. The molecule has 1 aliphatic heterocycles. The van der Waals surface area contributed by atoms with Crippen LogP contribution in [0, 0.1) is 6.92 Å². The maximum absolute atomic E-state index is 11.6. The Morgan fingerprint density at radius 3 is 2.79 bits per heavy atom. The zero-order valence-electron chi connectivity index (χ0n) is 13.5. The van der Waals surface area contributed by atoms with Gasteiger partial charge in [0.25, 0.3) is 5.91 Å². The van der Waals surface area contributed by atoms with Gasteiger partial charge in [0, 0.05) is 6.04 Å². The lowest BCUT2D eigenvalue weighted by Gasteiger charge is -2.11. The van der Waals surface area contributed by atoms with Crippen molar-refractivity contribution in [2.75, 3.05) is 24.7 Å². The number of esters is 1. The minimum Gasteiger partial charge on any atom is -0.493 e. The van der Waals surface area contributed by atoms with Crippen LogP contribution in [0.3, 0.4) is 0 Å². The number of benzene rings is 1. The molecule has 1 atom stereocenters. The van der Waals surface area contributed by atoms with Gasteiger partial charge < -0.3 is 14.8 Å². The van der Waals surface area contributed by atoms with Gasteiger partial charge in [-0.15, -0.1) is 0 Å². The minimum atomic E-state index is -3.05. The van der Waals surface area contributed by atoms with Gasteiger partial charge in [-0.2, -0.15) is 0 Å². The van der Waals surface area contributed by atoms with E-state index in [1.807, 2.05) is 25.1 Å². The van der Waals surface area contributed by atoms with Gasteiger partial charge in [-0.25, -0.2) is 8.42 Å². The number of aryl methyl sites for hydroxylation is 1. The fourth-order valence-electron chi connectivity index (χ4n) is 2.35. The summed E-state index contributed by atoms with van der Waals surface area (Å²) < 4.78 is 32.9. The Balaban J connectivity index is 1.61. The molecule has 1 fully saturated rings. The van der Waals surface area contributed by atoms with Crippen LogP contribution in [0.2, 0.25) is 0 Å². The van der Waals surface area contributed by atoms with E-state index in [0.29, 0.717) is 12.2 Å². The van der Waals surface area contributed by atoms with Crippen LogP contribution in [-0.2, 0) is 24.2 Å². The summed E-state index contributed by atoms with van der Waals surface area (Å²) in [7, 11) is -3.05. The molecule has 1 heterocycles. The van der Waals surface area contributed by atoms with Crippen LogP contribution < -0.4 is 10.1 Å². The van der Waals surface area contributed by atoms with Gasteiger partial charge in [-0.1, -0.05) is 12.1 Å². The molecule has 24 heavy (non-hydrogen) atoms. The maximum Gasteiger partial charge on any atom is 0.309 e. The summed E-state index contributed by atoms with van der Waals surface area (Å²) in [6.07, 6.45) is 0.422. The average Bonchev–Trinajstić information content (AvgIpc) is 2.84. The topological polar surface area (TPSA) is 98.8 Å². The van der Waals surface area contributed by atoms with Crippen LogP contribution in [0.1, 0.15) is 18.4 Å². The molecule has 0 aliphatic carbocycles. The lowest BCUT2D eigenvalue weighted by molar-refractivity contribution is -0.149. The molecule has 0 radical (unpaired) electrons. The molecule has 1 aliphatic rings. The number of carbonyl (C=O) groups excluding carboxylic acids is 2. The first-order valence-corrected chi connectivity index (χ1v) is 9.51. The van der Waals surface area contributed by atoms with Gasteiger partial charge in [0.15, 0.2) is 16.4 Å². The SMILES string of the molecule is Cc1cccc(OCCC(=O)OCC(=O)N[C@H]2CCS(=O)(=O)C2)c1. The molecular formula is C16H21NO6S. The highest BCUT2D eigenvalue weighted by Gasteiger charge is 2.28. The summed E-state index contributed by atoms with van der Waals surface area (Å²) in [5.41, 5.74) is 1.06. The van der Waals surface area contributed by atoms with Crippen molar-refractivity contribution in [3.05, 3.63) is 29.8 Å². The first-order chi connectivity index (χ1) is 11.3. The zero-order chi connectivity index (χ0) is 17.6. The highest BCUT2D eigenvalue weighted by Crippen LogP contribution is 2.13. The monoisotopic (exact) mass is 355 g/mol. The van der Waals surface area contributed by atoms with E-state index in [2.05, 4.69) is 5.32 Å². The van der Waals surface area contributed by atoms with Crippen molar-refractivity contribution in [2.45, 2.75) is 25.8 Å². The largest absolute Gasteiger partial charge is 0.493 e. The average molecular weight is 355 g/mol. The number of sulfone groups is 1. The number of amides is 1. The third kappa shape index (κ3) is 6.19. The Morgan fingerprint density at radius 1 is 1.33 bits per heavy atom. The van der Waals surface area contributed by atoms with E-state index in [9.17, 15) is 18.0 Å². The minimum absolute atomic E-state index is 0.0268. The number of nitrogens with one attached hydrogen (secondary N) is 1. The molecule has 1 saturated heterocycles. The Bertz CT molecular complexity index is 700. The van der Waals surface area contributed by atoms with Crippen LogP contribution >= 0.6 is 0 Å². The fourth-order valence-corrected chi connectivity index (χ4v) is 4.03. The Hall–Kier alpha value is -2.09. The predicted molar refractivity (Wildman–Crippen MR) is 87.5 cm³/mol. The van der Waals surface area contributed by atoms with Crippen LogP contribution in [0.15, 0.2) is 24.3 Å². The first kappa shape index (κ1) is 18.3. The fraction of sp³-hybridized carbons (Fsp3) is 0.500. The van der Waals surface area contributed by atoms with Crippen LogP contribution in [-0.4, -0.2) is 51.1 Å². The van der Waals surface area contributed by atoms with Crippen molar-refractivity contribution in [1.29, 1.82) is 0 Å². The van der Waals surface area contributed by atoms with E-state index in [1.165, 1.54) is 0 Å². The van der Waals surface area contributed by atoms with Crippen LogP contribution in [0.25, 0.3) is 0 Å². The molecule has 0 spiro atoms. The molecule has 1 amide bonds. The van der Waals surface area contributed by atoms with Gasteiger partial charge in [0.05, 0.1) is 24.5 Å². The van der Waals surface area contributed by atoms with Crippen LogP contribution in [0.4, 0.5) is 0 Å². The lowest BCUT2D eigenvalue weighted by atomic mass is 10.2. The number of rotatable bonds is 7. The molecule has 132 valence electrons. The number of hydrogen-bond donors (Lipinski definition) is 1. The second-order valence-electron chi connectivity index (χ2n) is 5.74. The Labute approximate surface area is 141 Å². The highest BCUT2D eigenvalue weighted by atomic mass is 32.2. The van der Waals surface area contributed by atoms with Gasteiger partial charge in [-0.05, 0) is 31.0 Å². The second-order valence-corrected chi connectivity index (χ2v) is 7.97. The lowest BCUT2D eigenvalue weighted by Crippen LogP contribution is -2.38. The number of carbonyl (C=O) groups is 2. The van der Waals surface area contributed by atoms with E-state index in [4.69, 9.17) is 9.47 Å². The predicted octanol–water partition coefficient (Wildman–Crippen LogP) is 0.610. The first-order valence-electron chi connectivity index (χ1n) is 7.69. The number of hydrogen-bond acceptors (Lipinski definition) is 6. The number of ether oxygens (including phenoxy) is 2. The van der Waals surface area contributed by atoms with E-state index in [-0.39, 0.29) is 24.5 Å². The second kappa shape index (κ2) is 8.14. The smallest absolute Gasteiger partial charge is 0.309 e. The Kier molecular flexibility index (Phi) is 6.19. The van der Waals surface area contributed by atoms with Crippen molar-refractivity contribution in [3.63, 3.8) is 0 Å². The summed E-state index contributed by atoms with van der Waals surface area (Å²) in [4.78, 5) is 23.2. The molecule has 0 saturated carbocycles. The van der Waals surface area contributed by atoms with Gasteiger partial charge in [-0.3, -0.25) is 9.59 Å². The molecule has 0 aromatic heterocycles. The van der Waals surface area contributed by atoms with E-state index in [1.54, 1.807) is 6.07 Å². The van der Waals surface area contributed by atoms with Gasteiger partial charge in [0.1, 0.15) is 5.75 Å². The third-order valence-corrected chi connectivity index (χ3v) is 5.29. The quantitative estimate of drug-likeness (QED) is 0.720. The molecule has 1 N–H and O–H groups in total. The van der Waals surface area contributed by atoms with E-state index < -0.39 is 34.4 Å². The molecular weight excluding hydrogens is 334 g/mol. The van der Waals surface area contributed by atoms with Crippen molar-refractivity contribution in [3.8, 4) is 5.75 Å². The molecule has 0 unspecified atom stereocenters. The molecule has 2 rings (SSSR count). The summed E-state index contributed by atoms with van der Waals surface area (Å²) >= 11 is 0. The Morgan fingerprint density at radius 2 is 2.12 bits per heavy atom. The maximum atomic E-state index is 11.6. The summed E-state index contributed by atoms with van der Waals surface area (Å²) in [5.74, 6) is -0.352. The summed E-state index contributed by atoms with van der Waals surface area (Å²) in [6, 6.07) is 7.05. The normalized spacial score (nSPS) is 18.8. The molecule has 8 heteroatoms. The highest BCUT2D eigenvalue weighted by molar-refractivity contribution is 7.91. The van der Waals surface area contributed by atoms with Crippen molar-refractivity contribution >= 4 is 21.7 Å². The van der Waals surface area contributed by atoms with Crippen molar-refractivity contribution in [1.82, 2.24) is 5.32 Å². The standard InChI is InChI=1S/C16H21NO6S/c1-12-3-2-4-14(9-12)22-7-5-16(19)23-10-15(18)17-13-6-8-24(20,21)11-13/h2-4,9,13H,5-8,10-11H2,1H3,(H,17,18)/t13-/m0/s1. The molecule has 0 bridgehead atoms.